The standard InChI is InChI=1S/C14H19NO3S/c1-2-7-19-9-14(16)15-6-5-11-3-4-12-13(8-11)18-10-17-12/h3-4,8H,2,5-7,9-10H2,1H3,(H,15,16). The summed E-state index contributed by atoms with van der Waals surface area (Å²) in [6.07, 6.45) is 1.91. The number of benzene rings is 1. The van der Waals surface area contributed by atoms with E-state index in [0.717, 1.165) is 35.7 Å². The van der Waals surface area contributed by atoms with Crippen molar-refractivity contribution in [2.45, 2.75) is 19.8 Å². The number of amides is 1. The Hall–Kier alpha value is -1.36. The molecule has 5 heteroatoms. The number of carbonyl (C=O) groups is 1. The van der Waals surface area contributed by atoms with Crippen LogP contribution in [0.3, 0.4) is 0 Å². The first-order valence-electron chi connectivity index (χ1n) is 6.52. The van der Waals surface area contributed by atoms with Gasteiger partial charge in [-0.1, -0.05) is 13.0 Å². The molecule has 4 nitrogen and oxygen atoms in total. The first-order valence-corrected chi connectivity index (χ1v) is 7.68. The molecule has 0 spiro atoms. The lowest BCUT2D eigenvalue weighted by Gasteiger charge is -2.06. The van der Waals surface area contributed by atoms with Crippen LogP contribution in [-0.2, 0) is 11.2 Å². The minimum atomic E-state index is 0.110. The minimum Gasteiger partial charge on any atom is -0.454 e. The van der Waals surface area contributed by atoms with Gasteiger partial charge in [0.05, 0.1) is 5.75 Å². The van der Waals surface area contributed by atoms with Crippen LogP contribution in [-0.4, -0.2) is 30.8 Å². The molecule has 1 aliphatic heterocycles. The van der Waals surface area contributed by atoms with E-state index in [-0.39, 0.29) is 5.91 Å². The van der Waals surface area contributed by atoms with E-state index in [1.807, 2.05) is 18.2 Å². The number of thioether (sulfide) groups is 1. The van der Waals surface area contributed by atoms with E-state index in [2.05, 4.69) is 12.2 Å². The second kappa shape index (κ2) is 7.28. The van der Waals surface area contributed by atoms with Crippen molar-refractivity contribution in [2.75, 3.05) is 24.8 Å². The van der Waals surface area contributed by atoms with Gasteiger partial charge in [0, 0.05) is 6.54 Å². The van der Waals surface area contributed by atoms with Crippen LogP contribution in [0, 0.1) is 0 Å². The summed E-state index contributed by atoms with van der Waals surface area (Å²) in [4.78, 5) is 11.5. The predicted molar refractivity (Wildman–Crippen MR) is 76.9 cm³/mol. The third kappa shape index (κ3) is 4.35. The molecule has 0 aromatic heterocycles. The first-order chi connectivity index (χ1) is 9.29. The van der Waals surface area contributed by atoms with Crippen molar-refractivity contribution in [1.29, 1.82) is 0 Å². The van der Waals surface area contributed by atoms with Gasteiger partial charge in [-0.25, -0.2) is 0 Å². The molecule has 1 amide bonds. The highest BCUT2D eigenvalue weighted by Gasteiger charge is 2.12. The number of rotatable bonds is 7. The summed E-state index contributed by atoms with van der Waals surface area (Å²) in [6, 6.07) is 5.89. The van der Waals surface area contributed by atoms with Gasteiger partial charge in [-0.3, -0.25) is 4.79 Å². The zero-order valence-electron chi connectivity index (χ0n) is 11.1. The van der Waals surface area contributed by atoms with Crippen LogP contribution in [0.25, 0.3) is 0 Å². The van der Waals surface area contributed by atoms with Crippen molar-refractivity contribution in [2.24, 2.45) is 0 Å². The molecule has 0 saturated heterocycles. The van der Waals surface area contributed by atoms with Crippen molar-refractivity contribution in [3.05, 3.63) is 23.8 Å². The molecule has 1 heterocycles. The monoisotopic (exact) mass is 281 g/mol. The van der Waals surface area contributed by atoms with Crippen LogP contribution in [0.1, 0.15) is 18.9 Å². The number of ether oxygens (including phenoxy) is 2. The van der Waals surface area contributed by atoms with Crippen molar-refractivity contribution < 1.29 is 14.3 Å². The second-order valence-electron chi connectivity index (χ2n) is 4.34. The van der Waals surface area contributed by atoms with E-state index in [1.165, 1.54) is 0 Å². The van der Waals surface area contributed by atoms with E-state index >= 15 is 0 Å². The summed E-state index contributed by atoms with van der Waals surface area (Å²) in [7, 11) is 0. The smallest absolute Gasteiger partial charge is 0.231 e. The van der Waals surface area contributed by atoms with E-state index in [1.54, 1.807) is 11.8 Å². The zero-order chi connectivity index (χ0) is 13.5. The Bertz CT molecular complexity index is 437. The molecule has 104 valence electrons. The maximum Gasteiger partial charge on any atom is 0.231 e. The van der Waals surface area contributed by atoms with Gasteiger partial charge in [0.25, 0.3) is 0 Å². The molecule has 0 fully saturated rings. The Morgan fingerprint density at radius 2 is 2.21 bits per heavy atom. The largest absolute Gasteiger partial charge is 0.454 e. The van der Waals surface area contributed by atoms with Gasteiger partial charge in [0.2, 0.25) is 12.7 Å². The van der Waals surface area contributed by atoms with Gasteiger partial charge >= 0.3 is 0 Å². The first kappa shape index (κ1) is 14.1. The summed E-state index contributed by atoms with van der Waals surface area (Å²) >= 11 is 1.68. The summed E-state index contributed by atoms with van der Waals surface area (Å²) in [6.45, 7) is 3.07. The molecule has 0 atom stereocenters. The lowest BCUT2D eigenvalue weighted by molar-refractivity contribution is -0.118. The fourth-order valence-corrected chi connectivity index (χ4v) is 2.52. The molecular weight excluding hydrogens is 262 g/mol. The van der Waals surface area contributed by atoms with Crippen LogP contribution in [0.15, 0.2) is 18.2 Å². The molecule has 1 aromatic carbocycles. The summed E-state index contributed by atoms with van der Waals surface area (Å²) in [5.74, 6) is 3.29. The summed E-state index contributed by atoms with van der Waals surface area (Å²) < 4.78 is 10.6. The Morgan fingerprint density at radius 1 is 1.37 bits per heavy atom. The maximum atomic E-state index is 11.5. The minimum absolute atomic E-state index is 0.110. The Kier molecular flexibility index (Phi) is 5.39. The van der Waals surface area contributed by atoms with E-state index in [0.29, 0.717) is 19.1 Å². The third-order valence-corrected chi connectivity index (χ3v) is 3.92. The van der Waals surface area contributed by atoms with Crippen LogP contribution in [0.4, 0.5) is 0 Å². The quantitative estimate of drug-likeness (QED) is 0.779. The van der Waals surface area contributed by atoms with E-state index in [4.69, 9.17) is 9.47 Å². The average molecular weight is 281 g/mol. The molecular formula is C14H19NO3S. The normalized spacial score (nSPS) is 12.5. The number of carbonyl (C=O) groups excluding carboxylic acids is 1. The molecule has 0 radical (unpaired) electrons. The summed E-state index contributed by atoms with van der Waals surface area (Å²) in [5.41, 5.74) is 1.14. The molecule has 2 rings (SSSR count). The number of nitrogens with one attached hydrogen (secondary N) is 1. The Morgan fingerprint density at radius 3 is 3.05 bits per heavy atom. The SMILES string of the molecule is CCCSCC(=O)NCCc1ccc2c(c1)OCO2. The lowest BCUT2D eigenvalue weighted by Crippen LogP contribution is -2.27. The number of hydrogen-bond acceptors (Lipinski definition) is 4. The van der Waals surface area contributed by atoms with Crippen molar-refractivity contribution in [3.8, 4) is 11.5 Å². The topological polar surface area (TPSA) is 47.6 Å². The molecule has 1 aliphatic rings. The zero-order valence-corrected chi connectivity index (χ0v) is 11.9. The van der Waals surface area contributed by atoms with Crippen LogP contribution < -0.4 is 14.8 Å². The molecule has 19 heavy (non-hydrogen) atoms. The van der Waals surface area contributed by atoms with Crippen LogP contribution in [0.2, 0.25) is 0 Å². The van der Waals surface area contributed by atoms with Gasteiger partial charge in [-0.2, -0.15) is 11.8 Å². The van der Waals surface area contributed by atoms with Gasteiger partial charge in [-0.15, -0.1) is 0 Å². The van der Waals surface area contributed by atoms with Gasteiger partial charge < -0.3 is 14.8 Å². The van der Waals surface area contributed by atoms with E-state index < -0.39 is 0 Å². The molecule has 0 bridgehead atoms. The third-order valence-electron chi connectivity index (χ3n) is 2.75. The highest BCUT2D eigenvalue weighted by Crippen LogP contribution is 2.32. The average Bonchev–Trinajstić information content (AvgIpc) is 2.86. The van der Waals surface area contributed by atoms with Crippen molar-refractivity contribution in [3.63, 3.8) is 0 Å². The Labute approximate surface area is 117 Å². The molecule has 0 aliphatic carbocycles. The maximum absolute atomic E-state index is 11.5. The predicted octanol–water partition coefficient (Wildman–Crippen LogP) is 2.22. The fourth-order valence-electron chi connectivity index (χ4n) is 1.80. The highest BCUT2D eigenvalue weighted by atomic mass is 32.2. The highest BCUT2D eigenvalue weighted by molar-refractivity contribution is 7.99. The van der Waals surface area contributed by atoms with Crippen LogP contribution in [0.5, 0.6) is 11.5 Å². The molecule has 0 unspecified atom stereocenters. The van der Waals surface area contributed by atoms with Crippen molar-refractivity contribution in [1.82, 2.24) is 5.32 Å². The molecule has 1 aromatic rings. The number of fused-ring (bicyclic) bond motifs is 1. The lowest BCUT2D eigenvalue weighted by atomic mass is 10.1. The van der Waals surface area contributed by atoms with Crippen LogP contribution >= 0.6 is 11.8 Å². The second-order valence-corrected chi connectivity index (χ2v) is 5.45. The van der Waals surface area contributed by atoms with Gasteiger partial charge in [-0.05, 0) is 36.3 Å². The number of hydrogen-bond donors (Lipinski definition) is 1. The Balaban J connectivity index is 1.69. The van der Waals surface area contributed by atoms with Gasteiger partial charge in [0.15, 0.2) is 11.5 Å². The fraction of sp³-hybridized carbons (Fsp3) is 0.500. The van der Waals surface area contributed by atoms with E-state index in [9.17, 15) is 4.79 Å². The molecule has 1 N–H and O–H groups in total. The van der Waals surface area contributed by atoms with Crippen molar-refractivity contribution >= 4 is 17.7 Å². The molecule has 0 saturated carbocycles. The summed E-state index contributed by atoms with van der Waals surface area (Å²) in [5, 5.41) is 2.93. The van der Waals surface area contributed by atoms with Gasteiger partial charge in [0.1, 0.15) is 0 Å².